The third-order valence-corrected chi connectivity index (χ3v) is 13.9. The summed E-state index contributed by atoms with van der Waals surface area (Å²) in [4.78, 5) is 0. The minimum atomic E-state index is -4.88. The number of hydrogen-bond acceptors (Lipinski definition) is 2. The normalized spacial score (nSPS) is 12.6. The van der Waals surface area contributed by atoms with Gasteiger partial charge in [0.05, 0.1) is 54.0 Å². The van der Waals surface area contributed by atoms with Crippen LogP contribution in [0.4, 0.5) is 22.0 Å². The SMILES string of the molecule is Fc1cccc(F)c1-c1cc(-n2c3ccccc3c3ccc4c5ccccc5sc4c32)c(C(F)(F)F)cc1-n1c2ccccc2c2ccc3c4ccccc4sc3c21. The molecule has 4 aromatic heterocycles. The molecule has 278 valence electrons. The molecule has 0 spiro atoms. The summed E-state index contributed by atoms with van der Waals surface area (Å²) in [6.07, 6.45) is -4.88. The zero-order valence-corrected chi connectivity index (χ0v) is 31.7. The lowest BCUT2D eigenvalue weighted by molar-refractivity contribution is -0.137. The molecule has 0 unspecified atom stereocenters. The van der Waals surface area contributed by atoms with E-state index in [1.165, 1.54) is 23.5 Å². The Morgan fingerprint density at radius 2 is 0.862 bits per heavy atom. The van der Waals surface area contributed by atoms with Gasteiger partial charge < -0.3 is 9.13 Å². The highest BCUT2D eigenvalue weighted by Crippen LogP contribution is 2.49. The molecule has 12 aromatic rings. The maximum Gasteiger partial charge on any atom is 0.418 e. The lowest BCUT2D eigenvalue weighted by atomic mass is 9.97. The van der Waals surface area contributed by atoms with E-state index >= 15 is 22.0 Å². The number of rotatable bonds is 3. The molecule has 0 radical (unpaired) electrons. The molecule has 0 fully saturated rings. The first-order valence-electron chi connectivity index (χ1n) is 18.6. The van der Waals surface area contributed by atoms with Crippen LogP contribution in [0.2, 0.25) is 0 Å². The first-order valence-corrected chi connectivity index (χ1v) is 20.3. The van der Waals surface area contributed by atoms with Crippen molar-refractivity contribution in [3.63, 3.8) is 0 Å². The number of thiophene rings is 2. The molecular weight excluding hydrogens is 776 g/mol. The summed E-state index contributed by atoms with van der Waals surface area (Å²) in [7, 11) is 0. The Labute approximate surface area is 333 Å². The largest absolute Gasteiger partial charge is 0.418 e. The second-order valence-corrected chi connectivity index (χ2v) is 16.7. The third kappa shape index (κ3) is 4.57. The fourth-order valence-electron chi connectivity index (χ4n) is 9.09. The number of nitrogens with zero attached hydrogens (tertiary/aromatic N) is 2. The second kappa shape index (κ2) is 12.0. The van der Waals surface area contributed by atoms with Gasteiger partial charge in [-0.1, -0.05) is 103 Å². The summed E-state index contributed by atoms with van der Waals surface area (Å²) in [6, 6.07) is 44.8. The van der Waals surface area contributed by atoms with Crippen LogP contribution in [0.1, 0.15) is 5.56 Å². The maximum absolute atomic E-state index is 16.3. The molecule has 8 aromatic carbocycles. The smallest absolute Gasteiger partial charge is 0.307 e. The molecule has 0 amide bonds. The maximum atomic E-state index is 16.3. The van der Waals surface area contributed by atoms with Crippen molar-refractivity contribution in [2.45, 2.75) is 6.18 Å². The summed E-state index contributed by atoms with van der Waals surface area (Å²) in [5.74, 6) is -1.76. The Bertz CT molecular complexity index is 3690. The molecule has 0 saturated heterocycles. The van der Waals surface area contributed by atoms with Gasteiger partial charge in [0.25, 0.3) is 0 Å². The minimum Gasteiger partial charge on any atom is -0.307 e. The van der Waals surface area contributed by atoms with Crippen molar-refractivity contribution < 1.29 is 22.0 Å². The Hall–Kier alpha value is -6.55. The number of aromatic nitrogens is 2. The van der Waals surface area contributed by atoms with E-state index in [2.05, 4.69) is 0 Å². The van der Waals surface area contributed by atoms with E-state index in [0.29, 0.717) is 22.1 Å². The topological polar surface area (TPSA) is 9.86 Å². The van der Waals surface area contributed by atoms with E-state index in [4.69, 9.17) is 0 Å². The van der Waals surface area contributed by atoms with Crippen molar-refractivity contribution in [1.82, 2.24) is 9.13 Å². The van der Waals surface area contributed by atoms with Crippen LogP contribution in [0.15, 0.2) is 152 Å². The summed E-state index contributed by atoms with van der Waals surface area (Å²) in [5.41, 5.74) is 0.878. The van der Waals surface area contributed by atoms with Gasteiger partial charge in [0.15, 0.2) is 0 Å². The third-order valence-electron chi connectivity index (χ3n) is 11.5. The lowest BCUT2D eigenvalue weighted by Crippen LogP contribution is -2.13. The molecule has 0 aliphatic carbocycles. The highest BCUT2D eigenvalue weighted by Gasteiger charge is 2.38. The molecule has 0 saturated carbocycles. The van der Waals surface area contributed by atoms with Crippen molar-refractivity contribution in [3.8, 4) is 22.5 Å². The number of hydrogen-bond donors (Lipinski definition) is 0. The molecule has 12 rings (SSSR count). The molecule has 0 aliphatic rings. The standard InChI is InChI=1S/C49H25F5N2S2/c50-36-14-9-15-37(51)44(36)34-24-41(56-39-17-6-2-11-27(39)31-21-23-33-29-13-4-8-19-43(29)58-48(33)46(31)56)35(49(52,53)54)25-40(34)55-38-16-5-1-10-26(38)30-20-22-32-28-12-3-7-18-42(28)57-47(32)45(30)55/h1-25H. The van der Waals surface area contributed by atoms with Crippen molar-refractivity contribution in [1.29, 1.82) is 0 Å². The summed E-state index contributed by atoms with van der Waals surface area (Å²) in [5, 5.41) is 7.06. The van der Waals surface area contributed by atoms with E-state index in [1.54, 1.807) is 32.6 Å². The van der Waals surface area contributed by atoms with Gasteiger partial charge in [-0.2, -0.15) is 13.2 Å². The summed E-state index contributed by atoms with van der Waals surface area (Å²) < 4.78 is 88.1. The minimum absolute atomic E-state index is 0.00573. The van der Waals surface area contributed by atoms with E-state index in [0.717, 1.165) is 80.1 Å². The van der Waals surface area contributed by atoms with Gasteiger partial charge in [-0.15, -0.1) is 22.7 Å². The molecule has 0 N–H and O–H groups in total. The Morgan fingerprint density at radius 1 is 0.414 bits per heavy atom. The zero-order valence-electron chi connectivity index (χ0n) is 30.0. The van der Waals surface area contributed by atoms with Crippen LogP contribution < -0.4 is 0 Å². The van der Waals surface area contributed by atoms with Gasteiger partial charge in [0.1, 0.15) is 11.6 Å². The van der Waals surface area contributed by atoms with Crippen molar-refractivity contribution in [2.24, 2.45) is 0 Å². The molecule has 0 bridgehead atoms. The Kier molecular flexibility index (Phi) is 6.94. The second-order valence-electron chi connectivity index (χ2n) is 14.6. The van der Waals surface area contributed by atoms with Gasteiger partial charge in [-0.05, 0) is 48.5 Å². The van der Waals surface area contributed by atoms with E-state index in [9.17, 15) is 0 Å². The van der Waals surface area contributed by atoms with Crippen LogP contribution in [0.25, 0.3) is 106 Å². The number of para-hydroxylation sites is 2. The van der Waals surface area contributed by atoms with Crippen LogP contribution in [0.3, 0.4) is 0 Å². The number of halogens is 5. The lowest BCUT2D eigenvalue weighted by Gasteiger charge is -2.22. The Balaban J connectivity index is 1.30. The monoisotopic (exact) mass is 800 g/mol. The molecule has 9 heteroatoms. The van der Waals surface area contributed by atoms with Crippen LogP contribution >= 0.6 is 22.7 Å². The predicted molar refractivity (Wildman–Crippen MR) is 231 cm³/mol. The van der Waals surface area contributed by atoms with Gasteiger partial charge in [-0.3, -0.25) is 0 Å². The molecule has 2 nitrogen and oxygen atoms in total. The molecule has 0 atom stereocenters. The van der Waals surface area contributed by atoms with Gasteiger partial charge in [0, 0.05) is 58.1 Å². The van der Waals surface area contributed by atoms with Crippen molar-refractivity contribution in [2.75, 3.05) is 0 Å². The fraction of sp³-hybridized carbons (Fsp3) is 0.0204. The number of alkyl halides is 3. The highest BCUT2D eigenvalue weighted by atomic mass is 32.1. The van der Waals surface area contributed by atoms with E-state index < -0.39 is 28.9 Å². The zero-order chi connectivity index (χ0) is 39.0. The van der Waals surface area contributed by atoms with Gasteiger partial charge in [0.2, 0.25) is 0 Å². The first kappa shape index (κ1) is 33.6. The summed E-state index contributed by atoms with van der Waals surface area (Å²) >= 11 is 3.06. The average molecular weight is 801 g/mol. The number of benzene rings is 8. The van der Waals surface area contributed by atoms with Crippen LogP contribution in [0, 0.1) is 11.6 Å². The number of fused-ring (bicyclic) bond motifs is 14. The van der Waals surface area contributed by atoms with Crippen molar-refractivity contribution in [3.05, 3.63) is 169 Å². The molecular formula is C49H25F5N2S2. The van der Waals surface area contributed by atoms with E-state index in [-0.39, 0.29) is 16.9 Å². The van der Waals surface area contributed by atoms with E-state index in [1.807, 2.05) is 109 Å². The van der Waals surface area contributed by atoms with Crippen LogP contribution in [0.5, 0.6) is 0 Å². The molecule has 4 heterocycles. The van der Waals surface area contributed by atoms with Gasteiger partial charge >= 0.3 is 6.18 Å². The first-order chi connectivity index (χ1) is 28.3. The predicted octanol–water partition coefficient (Wildman–Crippen LogP) is 15.6. The van der Waals surface area contributed by atoms with Gasteiger partial charge in [-0.25, -0.2) is 8.78 Å². The quantitative estimate of drug-likeness (QED) is 0.158. The fourth-order valence-corrected chi connectivity index (χ4v) is 11.6. The average Bonchev–Trinajstić information content (AvgIpc) is 3.98. The molecule has 0 aliphatic heterocycles. The Morgan fingerprint density at radius 3 is 1.38 bits per heavy atom. The van der Waals surface area contributed by atoms with Crippen LogP contribution in [-0.4, -0.2) is 9.13 Å². The van der Waals surface area contributed by atoms with Crippen LogP contribution in [-0.2, 0) is 6.18 Å². The van der Waals surface area contributed by atoms with Crippen molar-refractivity contribution >= 4 is 107 Å². The summed E-state index contributed by atoms with van der Waals surface area (Å²) in [6.45, 7) is 0. The highest BCUT2D eigenvalue weighted by molar-refractivity contribution is 7.27. The molecule has 58 heavy (non-hydrogen) atoms.